The van der Waals surface area contributed by atoms with Crippen molar-refractivity contribution in [3.8, 4) is 5.75 Å². The van der Waals surface area contributed by atoms with Crippen LogP contribution in [0, 0.1) is 0 Å². The third kappa shape index (κ3) is 3.19. The van der Waals surface area contributed by atoms with Crippen molar-refractivity contribution in [3.63, 3.8) is 0 Å². The number of aromatic hydroxyl groups is 1. The first-order valence-electron chi connectivity index (χ1n) is 7.99. The van der Waals surface area contributed by atoms with E-state index in [2.05, 4.69) is 0 Å². The van der Waals surface area contributed by atoms with Gasteiger partial charge in [0.05, 0.1) is 22.8 Å². The van der Waals surface area contributed by atoms with Crippen LogP contribution in [0.2, 0.25) is 5.02 Å². The second-order valence-corrected chi connectivity index (χ2v) is 6.25. The maximum atomic E-state index is 10.3. The number of para-hydroxylation sites is 3. The van der Waals surface area contributed by atoms with Gasteiger partial charge < -0.3 is 5.11 Å². The van der Waals surface area contributed by atoms with Crippen molar-refractivity contribution in [2.24, 2.45) is 9.98 Å². The predicted octanol–water partition coefficient (Wildman–Crippen LogP) is 5.69. The van der Waals surface area contributed by atoms with Crippen LogP contribution in [0.4, 0.5) is 11.4 Å². The largest absolute Gasteiger partial charge is 0.507 e. The molecule has 0 aromatic heterocycles. The van der Waals surface area contributed by atoms with Gasteiger partial charge in [0.2, 0.25) is 0 Å². The van der Waals surface area contributed by atoms with Crippen LogP contribution in [0.25, 0.3) is 0 Å². The molecule has 0 aliphatic carbocycles. The minimum Gasteiger partial charge on any atom is -0.507 e. The van der Waals surface area contributed by atoms with Crippen LogP contribution < -0.4 is 0 Å². The summed E-state index contributed by atoms with van der Waals surface area (Å²) in [5.74, 6) is 0.214. The third-order valence-corrected chi connectivity index (χ3v) is 4.34. The monoisotopic (exact) mass is 346 g/mol. The van der Waals surface area contributed by atoms with Gasteiger partial charge in [0, 0.05) is 17.0 Å². The Kier molecular flexibility index (Phi) is 4.08. The Morgan fingerprint density at radius 1 is 0.760 bits per heavy atom. The molecule has 122 valence electrons. The molecule has 0 fully saturated rings. The molecule has 0 atom stereocenters. The van der Waals surface area contributed by atoms with Gasteiger partial charge >= 0.3 is 0 Å². The molecule has 0 saturated heterocycles. The molecule has 0 unspecified atom stereocenters. The zero-order valence-corrected chi connectivity index (χ0v) is 14.1. The summed E-state index contributed by atoms with van der Waals surface area (Å²) in [5, 5.41) is 10.9. The number of fused-ring (bicyclic) bond motifs is 1. The standard InChI is InChI=1S/C21H15ClN2O/c22-15-7-5-6-14(12-15)19-13-20(16-8-1-4-11-21(16)25)24-18-10-3-2-9-17(18)23-19/h1-12,25H,13H2. The second kappa shape index (κ2) is 6.54. The van der Waals surface area contributed by atoms with E-state index in [0.717, 1.165) is 28.4 Å². The molecule has 0 amide bonds. The van der Waals surface area contributed by atoms with Crippen LogP contribution in [0.3, 0.4) is 0 Å². The Labute approximate surface area is 151 Å². The molecule has 0 spiro atoms. The normalized spacial score (nSPS) is 13.5. The van der Waals surface area contributed by atoms with E-state index in [-0.39, 0.29) is 5.75 Å². The molecular weight excluding hydrogens is 332 g/mol. The fraction of sp³-hybridized carbons (Fsp3) is 0.0476. The highest BCUT2D eigenvalue weighted by molar-refractivity contribution is 6.31. The maximum Gasteiger partial charge on any atom is 0.124 e. The van der Waals surface area contributed by atoms with E-state index in [4.69, 9.17) is 21.6 Å². The summed E-state index contributed by atoms with van der Waals surface area (Å²) >= 11 is 6.16. The summed E-state index contributed by atoms with van der Waals surface area (Å²) in [6.07, 6.45) is 0.507. The molecular formula is C21H15ClN2O. The van der Waals surface area contributed by atoms with Crippen LogP contribution in [0.15, 0.2) is 82.8 Å². The Morgan fingerprint density at radius 2 is 1.44 bits per heavy atom. The topological polar surface area (TPSA) is 45.0 Å². The molecule has 0 saturated carbocycles. The number of hydrogen-bond donors (Lipinski definition) is 1. The van der Waals surface area contributed by atoms with E-state index >= 15 is 0 Å². The lowest BCUT2D eigenvalue weighted by atomic mass is 9.99. The maximum absolute atomic E-state index is 10.3. The number of phenolic OH excluding ortho intramolecular Hbond substituents is 1. The minimum atomic E-state index is 0.214. The van der Waals surface area contributed by atoms with Crippen LogP contribution in [0.5, 0.6) is 5.75 Å². The molecule has 25 heavy (non-hydrogen) atoms. The van der Waals surface area contributed by atoms with Gasteiger partial charge in [-0.1, -0.05) is 48.0 Å². The number of rotatable bonds is 2. The van der Waals surface area contributed by atoms with Gasteiger partial charge in [0.15, 0.2) is 0 Å². The highest BCUT2D eigenvalue weighted by Crippen LogP contribution is 2.34. The Balaban J connectivity index is 1.90. The summed E-state index contributed by atoms with van der Waals surface area (Å²) in [6.45, 7) is 0. The van der Waals surface area contributed by atoms with Gasteiger partial charge in [0.25, 0.3) is 0 Å². The quantitative estimate of drug-likeness (QED) is 0.636. The van der Waals surface area contributed by atoms with Crippen molar-refractivity contribution in [3.05, 3.63) is 88.9 Å². The first kappa shape index (κ1) is 15.6. The summed E-state index contributed by atoms with van der Waals surface area (Å²) in [6, 6.07) is 22.6. The average Bonchev–Trinajstić information content (AvgIpc) is 2.81. The third-order valence-electron chi connectivity index (χ3n) is 4.10. The van der Waals surface area contributed by atoms with E-state index in [1.54, 1.807) is 12.1 Å². The summed E-state index contributed by atoms with van der Waals surface area (Å²) in [4.78, 5) is 9.60. The van der Waals surface area contributed by atoms with Gasteiger partial charge in [-0.25, -0.2) is 0 Å². The lowest BCUT2D eigenvalue weighted by Crippen LogP contribution is -2.10. The molecule has 1 heterocycles. The molecule has 4 heteroatoms. The second-order valence-electron chi connectivity index (χ2n) is 5.81. The molecule has 1 N–H and O–H groups in total. The fourth-order valence-electron chi connectivity index (χ4n) is 2.89. The number of nitrogens with zero attached hydrogens (tertiary/aromatic N) is 2. The smallest absolute Gasteiger partial charge is 0.124 e. The highest BCUT2D eigenvalue weighted by atomic mass is 35.5. The molecule has 0 bridgehead atoms. The van der Waals surface area contributed by atoms with E-state index < -0.39 is 0 Å². The first-order chi connectivity index (χ1) is 12.2. The molecule has 0 radical (unpaired) electrons. The van der Waals surface area contributed by atoms with E-state index in [1.807, 2.05) is 60.7 Å². The molecule has 3 nitrogen and oxygen atoms in total. The molecule has 3 aromatic carbocycles. The summed E-state index contributed by atoms with van der Waals surface area (Å²) in [7, 11) is 0. The van der Waals surface area contributed by atoms with Gasteiger partial charge in [-0.3, -0.25) is 9.98 Å². The number of hydrogen-bond acceptors (Lipinski definition) is 3. The Morgan fingerprint density at radius 3 is 2.16 bits per heavy atom. The fourth-order valence-corrected chi connectivity index (χ4v) is 3.08. The van der Waals surface area contributed by atoms with Crippen molar-refractivity contribution in [2.75, 3.05) is 0 Å². The predicted molar refractivity (Wildman–Crippen MR) is 103 cm³/mol. The highest BCUT2D eigenvalue weighted by Gasteiger charge is 2.18. The van der Waals surface area contributed by atoms with Gasteiger partial charge in [-0.15, -0.1) is 0 Å². The van der Waals surface area contributed by atoms with E-state index in [0.29, 0.717) is 17.0 Å². The number of aliphatic imine (C=N–C) groups is 2. The molecule has 4 rings (SSSR count). The van der Waals surface area contributed by atoms with Crippen molar-refractivity contribution < 1.29 is 5.11 Å². The van der Waals surface area contributed by atoms with E-state index in [1.165, 1.54) is 0 Å². The van der Waals surface area contributed by atoms with Crippen LogP contribution in [0.1, 0.15) is 17.5 Å². The van der Waals surface area contributed by atoms with Gasteiger partial charge in [-0.2, -0.15) is 0 Å². The van der Waals surface area contributed by atoms with Crippen molar-refractivity contribution in [2.45, 2.75) is 6.42 Å². The van der Waals surface area contributed by atoms with Crippen LogP contribution in [-0.4, -0.2) is 16.5 Å². The summed E-state index contributed by atoms with van der Waals surface area (Å²) < 4.78 is 0. The van der Waals surface area contributed by atoms with Crippen molar-refractivity contribution in [1.82, 2.24) is 0 Å². The first-order valence-corrected chi connectivity index (χ1v) is 8.37. The zero-order chi connectivity index (χ0) is 17.2. The van der Waals surface area contributed by atoms with Crippen LogP contribution >= 0.6 is 11.6 Å². The van der Waals surface area contributed by atoms with Gasteiger partial charge in [0.1, 0.15) is 5.75 Å². The number of benzene rings is 3. The molecule has 3 aromatic rings. The summed E-state index contributed by atoms with van der Waals surface area (Å²) in [5.41, 5.74) is 4.91. The number of phenols is 1. The van der Waals surface area contributed by atoms with Crippen LogP contribution in [-0.2, 0) is 0 Å². The SMILES string of the molecule is Oc1ccccc1C1=Nc2ccccc2N=C(c2cccc(Cl)c2)C1. The zero-order valence-electron chi connectivity index (χ0n) is 13.4. The van der Waals surface area contributed by atoms with Gasteiger partial charge in [-0.05, 0) is 42.0 Å². The lowest BCUT2D eigenvalue weighted by molar-refractivity contribution is 0.474. The molecule has 1 aliphatic rings. The van der Waals surface area contributed by atoms with Crippen molar-refractivity contribution in [1.29, 1.82) is 0 Å². The Hall–Kier alpha value is -2.91. The number of halogens is 1. The van der Waals surface area contributed by atoms with E-state index in [9.17, 15) is 5.11 Å². The average molecular weight is 347 g/mol. The lowest BCUT2D eigenvalue weighted by Gasteiger charge is -2.09. The minimum absolute atomic E-state index is 0.214. The van der Waals surface area contributed by atoms with Crippen molar-refractivity contribution >= 4 is 34.4 Å². The molecule has 1 aliphatic heterocycles. The Bertz CT molecular complexity index is 1010.